The summed E-state index contributed by atoms with van der Waals surface area (Å²) >= 11 is 6.09. The third-order valence-electron chi connectivity index (χ3n) is 5.36. The van der Waals surface area contributed by atoms with Crippen LogP contribution in [0, 0.1) is 19.7 Å². The lowest BCUT2D eigenvalue weighted by molar-refractivity contribution is -0.663. The Morgan fingerprint density at radius 3 is 2.67 bits per heavy atom. The Hall–Kier alpha value is -2.74. The predicted octanol–water partition coefficient (Wildman–Crippen LogP) is 2.40. The Labute approximate surface area is 160 Å². The molecule has 1 atom stereocenters. The van der Waals surface area contributed by atoms with Crippen LogP contribution in [-0.2, 0) is 18.4 Å². The molecule has 1 fully saturated rings. The van der Waals surface area contributed by atoms with E-state index in [9.17, 15) is 14.0 Å². The highest BCUT2D eigenvalue weighted by atomic mass is 35.5. The fraction of sp³-hybridized carbons (Fsp3) is 0.333. The van der Waals surface area contributed by atoms with E-state index in [-0.39, 0.29) is 17.1 Å². The van der Waals surface area contributed by atoms with Crippen LogP contribution in [0.1, 0.15) is 23.0 Å². The number of aromatic nitrogens is 2. The molecule has 1 unspecified atom stereocenters. The molecule has 3 amide bonds. The molecule has 0 aliphatic carbocycles. The second kappa shape index (κ2) is 5.88. The zero-order valence-electron chi connectivity index (χ0n) is 15.3. The molecule has 2 aliphatic rings. The molecule has 0 radical (unpaired) electrons. The van der Waals surface area contributed by atoms with Crippen molar-refractivity contribution >= 4 is 35.3 Å². The van der Waals surface area contributed by atoms with Gasteiger partial charge in [0.1, 0.15) is 17.2 Å². The second-order valence-electron chi connectivity index (χ2n) is 6.74. The molecule has 0 saturated carbocycles. The SMILES string of the molecule is Cc1c(C)[n+](C)c2n1C1C(=O)N(Cc3c(F)cccc3Cl)C(=O)N(C)C1=N2. The summed E-state index contributed by atoms with van der Waals surface area (Å²) in [4.78, 5) is 32.9. The number of rotatable bonds is 2. The van der Waals surface area contributed by atoms with E-state index < -0.39 is 23.8 Å². The number of likely N-dealkylation sites (N-methyl/N-ethyl adjacent to an activating group) is 1. The van der Waals surface area contributed by atoms with Crippen LogP contribution in [0.15, 0.2) is 23.2 Å². The van der Waals surface area contributed by atoms with Gasteiger partial charge < -0.3 is 0 Å². The summed E-state index contributed by atoms with van der Waals surface area (Å²) in [5.41, 5.74) is 1.97. The van der Waals surface area contributed by atoms with E-state index in [1.165, 1.54) is 23.1 Å². The molecule has 0 N–H and O–H groups in total. The molecule has 9 heteroatoms. The predicted molar refractivity (Wildman–Crippen MR) is 96.3 cm³/mol. The number of carbonyl (C=O) groups excluding carboxylic acids is 2. The van der Waals surface area contributed by atoms with Crippen molar-refractivity contribution in [1.82, 2.24) is 14.4 Å². The zero-order valence-corrected chi connectivity index (χ0v) is 16.1. The van der Waals surface area contributed by atoms with Gasteiger partial charge in [-0.05, 0) is 26.0 Å². The lowest BCUT2D eigenvalue weighted by Gasteiger charge is -2.33. The van der Waals surface area contributed by atoms with Crippen molar-refractivity contribution in [1.29, 1.82) is 0 Å². The topological polar surface area (TPSA) is 61.8 Å². The van der Waals surface area contributed by atoms with Crippen molar-refractivity contribution in [3.63, 3.8) is 0 Å². The third-order valence-corrected chi connectivity index (χ3v) is 5.71. The first kappa shape index (κ1) is 17.7. The normalized spacial score (nSPS) is 18.7. The lowest BCUT2D eigenvalue weighted by atomic mass is 10.1. The van der Waals surface area contributed by atoms with Gasteiger partial charge in [-0.3, -0.25) is 14.6 Å². The number of halogens is 2. The number of fused-ring (bicyclic) bond motifs is 3. The van der Waals surface area contributed by atoms with Crippen LogP contribution < -0.4 is 4.57 Å². The summed E-state index contributed by atoms with van der Waals surface area (Å²) in [6, 6.07) is 2.95. The van der Waals surface area contributed by atoms with Gasteiger partial charge in [0.05, 0.1) is 13.6 Å². The lowest BCUT2D eigenvalue weighted by Crippen LogP contribution is -2.57. The molecular formula is C18H18ClFN5O2+. The van der Waals surface area contributed by atoms with Gasteiger partial charge in [-0.1, -0.05) is 22.7 Å². The Balaban J connectivity index is 1.79. The second-order valence-corrected chi connectivity index (χ2v) is 7.15. The monoisotopic (exact) mass is 390 g/mol. The van der Waals surface area contributed by atoms with Crippen molar-refractivity contribution in [2.24, 2.45) is 12.0 Å². The summed E-state index contributed by atoms with van der Waals surface area (Å²) in [5.74, 6) is -0.0382. The van der Waals surface area contributed by atoms with Gasteiger partial charge in [0, 0.05) is 17.6 Å². The molecule has 1 aromatic heterocycles. The molecule has 4 rings (SSSR count). The molecule has 140 valence electrons. The number of hydrogen-bond donors (Lipinski definition) is 0. The number of benzene rings is 1. The van der Waals surface area contributed by atoms with Crippen LogP contribution in [-0.4, -0.2) is 39.2 Å². The van der Waals surface area contributed by atoms with Gasteiger partial charge in [-0.2, -0.15) is 0 Å². The molecule has 0 spiro atoms. The van der Waals surface area contributed by atoms with Crippen molar-refractivity contribution < 1.29 is 18.5 Å². The summed E-state index contributed by atoms with van der Waals surface area (Å²) in [6.07, 6.45) is 0. The first-order valence-electron chi connectivity index (χ1n) is 8.42. The number of nitrogens with zero attached hydrogens (tertiary/aromatic N) is 5. The van der Waals surface area contributed by atoms with Crippen molar-refractivity contribution in [3.8, 4) is 0 Å². The number of amidine groups is 1. The zero-order chi connectivity index (χ0) is 19.6. The smallest absolute Gasteiger partial charge is 0.270 e. The van der Waals surface area contributed by atoms with E-state index in [0.717, 1.165) is 16.3 Å². The third kappa shape index (κ3) is 2.32. The van der Waals surface area contributed by atoms with Gasteiger partial charge in [0.25, 0.3) is 5.91 Å². The first-order chi connectivity index (χ1) is 12.7. The maximum Gasteiger partial charge on any atom is 0.401 e. The fourth-order valence-corrected chi connectivity index (χ4v) is 3.81. The van der Waals surface area contributed by atoms with Gasteiger partial charge in [0.15, 0.2) is 0 Å². The average Bonchev–Trinajstić information content (AvgIpc) is 3.12. The van der Waals surface area contributed by atoms with Crippen LogP contribution in [0.5, 0.6) is 0 Å². The van der Waals surface area contributed by atoms with Gasteiger partial charge in [0.2, 0.25) is 11.9 Å². The number of hydrogen-bond acceptors (Lipinski definition) is 3. The minimum absolute atomic E-state index is 0.110. The van der Waals surface area contributed by atoms with E-state index in [1.54, 1.807) is 7.05 Å². The van der Waals surface area contributed by atoms with E-state index in [1.807, 2.05) is 30.0 Å². The largest absolute Gasteiger partial charge is 0.401 e. The molecule has 3 heterocycles. The quantitative estimate of drug-likeness (QED) is 0.739. The number of amides is 3. The van der Waals surface area contributed by atoms with Crippen LogP contribution in [0.25, 0.3) is 0 Å². The number of carbonyl (C=O) groups is 2. The highest BCUT2D eigenvalue weighted by Crippen LogP contribution is 2.35. The van der Waals surface area contributed by atoms with Crippen LogP contribution in [0.2, 0.25) is 5.02 Å². The van der Waals surface area contributed by atoms with Gasteiger partial charge in [-0.15, -0.1) is 0 Å². The van der Waals surface area contributed by atoms with Gasteiger partial charge in [-0.25, -0.2) is 18.3 Å². The summed E-state index contributed by atoms with van der Waals surface area (Å²) in [5, 5.41) is 0.171. The Morgan fingerprint density at radius 1 is 1.30 bits per heavy atom. The Bertz CT molecular complexity index is 1020. The first-order valence-corrected chi connectivity index (χ1v) is 8.79. The number of imide groups is 1. The highest BCUT2D eigenvalue weighted by Gasteiger charge is 2.53. The van der Waals surface area contributed by atoms with E-state index >= 15 is 0 Å². The van der Waals surface area contributed by atoms with E-state index in [0.29, 0.717) is 11.8 Å². The molecule has 1 saturated heterocycles. The summed E-state index contributed by atoms with van der Waals surface area (Å²) in [6.45, 7) is 3.60. The maximum atomic E-state index is 14.2. The molecule has 7 nitrogen and oxygen atoms in total. The van der Waals surface area contributed by atoms with Gasteiger partial charge >= 0.3 is 12.0 Å². The molecule has 2 aliphatic heterocycles. The number of urea groups is 1. The Morgan fingerprint density at radius 2 is 2.00 bits per heavy atom. The Kier molecular flexibility index (Phi) is 3.85. The maximum absolute atomic E-state index is 14.2. The van der Waals surface area contributed by atoms with Crippen molar-refractivity contribution in [2.45, 2.75) is 26.4 Å². The number of aliphatic imine (C=N–C) groups is 1. The molecule has 2 aromatic rings. The van der Waals surface area contributed by atoms with Crippen LogP contribution in [0.4, 0.5) is 15.1 Å². The average molecular weight is 391 g/mol. The fourth-order valence-electron chi connectivity index (χ4n) is 3.58. The minimum Gasteiger partial charge on any atom is -0.270 e. The van der Waals surface area contributed by atoms with Crippen LogP contribution >= 0.6 is 11.6 Å². The van der Waals surface area contributed by atoms with E-state index in [2.05, 4.69) is 4.99 Å². The summed E-state index contributed by atoms with van der Waals surface area (Å²) < 4.78 is 17.9. The molecule has 1 aromatic carbocycles. The molecule has 27 heavy (non-hydrogen) atoms. The summed E-state index contributed by atoms with van der Waals surface area (Å²) in [7, 11) is 3.42. The number of imidazole rings is 1. The minimum atomic E-state index is -0.756. The van der Waals surface area contributed by atoms with Crippen molar-refractivity contribution in [2.75, 3.05) is 7.05 Å². The van der Waals surface area contributed by atoms with Crippen LogP contribution in [0.3, 0.4) is 0 Å². The standard InChI is InChI=1S/C18H18ClFN5O2/c1-9-10(2)25-14-15(21-17(25)22(9)3)23(4)18(27)24(16(14)26)8-11-12(19)6-5-7-13(11)20/h5-7,14H,8H2,1-4H3/q+1. The van der Waals surface area contributed by atoms with E-state index in [4.69, 9.17) is 11.6 Å². The molecular weight excluding hydrogens is 373 g/mol. The highest BCUT2D eigenvalue weighted by molar-refractivity contribution is 6.31. The molecule has 0 bridgehead atoms. The van der Waals surface area contributed by atoms with Crippen molar-refractivity contribution in [3.05, 3.63) is 46.0 Å².